The molecule has 1 saturated carbocycles. The molecule has 0 bridgehead atoms. The van der Waals surface area contributed by atoms with Gasteiger partial charge in [0.1, 0.15) is 5.82 Å². The van der Waals surface area contributed by atoms with Gasteiger partial charge in [0.2, 0.25) is 0 Å². The maximum atomic E-state index is 13.7. The number of methoxy groups -OCH3 is 1. The van der Waals surface area contributed by atoms with Crippen molar-refractivity contribution >= 4 is 29.9 Å². The zero-order valence-electron chi connectivity index (χ0n) is 15.0. The van der Waals surface area contributed by atoms with Crippen LogP contribution in [0.5, 0.6) is 0 Å². The van der Waals surface area contributed by atoms with E-state index in [-0.39, 0.29) is 35.8 Å². The van der Waals surface area contributed by atoms with Crippen molar-refractivity contribution < 1.29 is 9.13 Å². The number of guanidine groups is 1. The second kappa shape index (κ2) is 9.56. The van der Waals surface area contributed by atoms with Crippen LogP contribution in [0.15, 0.2) is 23.2 Å². The number of halogens is 2. The lowest BCUT2D eigenvalue weighted by Gasteiger charge is -2.21. The minimum Gasteiger partial charge on any atom is -0.385 e. The summed E-state index contributed by atoms with van der Waals surface area (Å²) in [5.41, 5.74) is 1.93. The first kappa shape index (κ1) is 21.2. The van der Waals surface area contributed by atoms with Crippen molar-refractivity contribution in [1.82, 2.24) is 10.6 Å². The van der Waals surface area contributed by atoms with Crippen LogP contribution in [0.3, 0.4) is 0 Å². The van der Waals surface area contributed by atoms with E-state index < -0.39 is 0 Å². The molecule has 1 aliphatic carbocycles. The number of nitrogens with zero attached hydrogens (tertiary/aromatic N) is 1. The second-order valence-corrected chi connectivity index (χ2v) is 6.54. The Morgan fingerprint density at radius 3 is 2.67 bits per heavy atom. The molecule has 1 fully saturated rings. The highest BCUT2D eigenvalue weighted by atomic mass is 127. The van der Waals surface area contributed by atoms with E-state index >= 15 is 0 Å². The van der Waals surface area contributed by atoms with Crippen LogP contribution >= 0.6 is 24.0 Å². The second-order valence-electron chi connectivity index (χ2n) is 6.54. The molecule has 2 N–H and O–H groups in total. The quantitative estimate of drug-likeness (QED) is 0.378. The van der Waals surface area contributed by atoms with Crippen molar-refractivity contribution in [1.29, 1.82) is 0 Å². The first-order chi connectivity index (χ1) is 11.0. The van der Waals surface area contributed by atoms with E-state index in [1.54, 1.807) is 27.1 Å². The molecule has 6 heteroatoms. The SMILES string of the molecule is CN=C(NCC1(CCOC)CC1)NC(C)c1ccc(C)c(F)c1.I. The fourth-order valence-electron chi connectivity index (χ4n) is 2.64. The molecular formula is C18H29FIN3O. The highest BCUT2D eigenvalue weighted by molar-refractivity contribution is 14.0. The van der Waals surface area contributed by atoms with Crippen LogP contribution in [0.4, 0.5) is 4.39 Å². The van der Waals surface area contributed by atoms with Crippen molar-refractivity contribution in [2.75, 3.05) is 27.3 Å². The molecule has 0 amide bonds. The number of rotatable bonds is 7. The van der Waals surface area contributed by atoms with Gasteiger partial charge in [-0.3, -0.25) is 4.99 Å². The predicted molar refractivity (Wildman–Crippen MR) is 108 cm³/mol. The van der Waals surface area contributed by atoms with E-state index in [0.717, 1.165) is 31.1 Å². The molecule has 1 unspecified atom stereocenters. The van der Waals surface area contributed by atoms with Gasteiger partial charge in [-0.25, -0.2) is 4.39 Å². The van der Waals surface area contributed by atoms with Crippen LogP contribution in [0, 0.1) is 18.2 Å². The highest BCUT2D eigenvalue weighted by Crippen LogP contribution is 2.48. The third kappa shape index (κ3) is 5.88. The molecule has 0 saturated heterocycles. The third-order valence-corrected chi connectivity index (χ3v) is 4.70. The van der Waals surface area contributed by atoms with Gasteiger partial charge < -0.3 is 15.4 Å². The number of aliphatic imine (C=N–C) groups is 1. The lowest BCUT2D eigenvalue weighted by atomic mass is 10.0. The number of ether oxygens (including phenoxy) is 1. The molecule has 0 spiro atoms. The highest BCUT2D eigenvalue weighted by Gasteiger charge is 2.41. The molecule has 1 aliphatic rings. The lowest BCUT2D eigenvalue weighted by Crippen LogP contribution is -2.41. The number of hydrogen-bond acceptors (Lipinski definition) is 2. The number of benzene rings is 1. The summed E-state index contributed by atoms with van der Waals surface area (Å²) in [5, 5.41) is 6.72. The van der Waals surface area contributed by atoms with Crippen molar-refractivity contribution in [2.24, 2.45) is 10.4 Å². The molecular weight excluding hydrogens is 420 g/mol. The van der Waals surface area contributed by atoms with E-state index in [0.29, 0.717) is 11.0 Å². The summed E-state index contributed by atoms with van der Waals surface area (Å²) in [4.78, 5) is 4.27. The third-order valence-electron chi connectivity index (χ3n) is 4.70. The summed E-state index contributed by atoms with van der Waals surface area (Å²) >= 11 is 0. The molecule has 4 nitrogen and oxygen atoms in total. The summed E-state index contributed by atoms with van der Waals surface area (Å²) < 4.78 is 18.9. The molecule has 0 aliphatic heterocycles. The summed E-state index contributed by atoms with van der Waals surface area (Å²) in [6.45, 7) is 5.47. The Balaban J connectivity index is 0.00000288. The van der Waals surface area contributed by atoms with E-state index in [9.17, 15) is 4.39 Å². The van der Waals surface area contributed by atoms with Gasteiger partial charge in [0.25, 0.3) is 0 Å². The Hall–Kier alpha value is -0.890. The maximum absolute atomic E-state index is 13.7. The van der Waals surface area contributed by atoms with Crippen molar-refractivity contribution in [3.8, 4) is 0 Å². The Kier molecular flexibility index (Phi) is 8.42. The fraction of sp³-hybridized carbons (Fsp3) is 0.611. The van der Waals surface area contributed by atoms with Crippen molar-refractivity contribution in [2.45, 2.75) is 39.2 Å². The van der Waals surface area contributed by atoms with Gasteiger partial charge in [0.05, 0.1) is 6.04 Å². The minimum atomic E-state index is -0.171. The first-order valence-corrected chi connectivity index (χ1v) is 8.22. The number of hydrogen-bond donors (Lipinski definition) is 2. The monoisotopic (exact) mass is 449 g/mol. The molecule has 1 aromatic rings. The summed E-state index contributed by atoms with van der Waals surface area (Å²) in [5.74, 6) is 0.581. The van der Waals surface area contributed by atoms with Gasteiger partial charge in [-0.15, -0.1) is 24.0 Å². The van der Waals surface area contributed by atoms with Gasteiger partial charge in [-0.05, 0) is 55.7 Å². The van der Waals surface area contributed by atoms with Gasteiger partial charge in [0, 0.05) is 27.3 Å². The Morgan fingerprint density at radius 2 is 2.12 bits per heavy atom. The van der Waals surface area contributed by atoms with Crippen molar-refractivity contribution in [3.05, 3.63) is 35.1 Å². The summed E-state index contributed by atoms with van der Waals surface area (Å²) in [6.07, 6.45) is 3.55. The number of aryl methyl sites for hydroxylation is 1. The average molecular weight is 449 g/mol. The van der Waals surface area contributed by atoms with Gasteiger partial charge in [-0.1, -0.05) is 12.1 Å². The normalized spacial score (nSPS) is 17.0. The smallest absolute Gasteiger partial charge is 0.191 e. The zero-order chi connectivity index (χ0) is 16.9. The van der Waals surface area contributed by atoms with Crippen molar-refractivity contribution in [3.63, 3.8) is 0 Å². The van der Waals surface area contributed by atoms with Gasteiger partial charge >= 0.3 is 0 Å². The Bertz CT molecular complexity index is 561. The standard InChI is InChI=1S/C18H28FN3O.HI/c1-13-5-6-15(11-16(13)19)14(2)22-17(20-3)21-12-18(7-8-18)9-10-23-4;/h5-6,11,14H,7-10,12H2,1-4H3,(H2,20,21,22);1H. The van der Waals surface area contributed by atoms with Crippen LogP contribution in [0.1, 0.15) is 43.4 Å². The molecule has 2 rings (SSSR count). The van der Waals surface area contributed by atoms with E-state index in [1.165, 1.54) is 12.8 Å². The van der Waals surface area contributed by atoms with Crippen LogP contribution in [-0.4, -0.2) is 33.3 Å². The Morgan fingerprint density at radius 1 is 1.42 bits per heavy atom. The molecule has 0 heterocycles. The fourth-order valence-corrected chi connectivity index (χ4v) is 2.64. The lowest BCUT2D eigenvalue weighted by molar-refractivity contribution is 0.172. The van der Waals surface area contributed by atoms with E-state index in [4.69, 9.17) is 4.74 Å². The molecule has 1 atom stereocenters. The number of nitrogens with one attached hydrogen (secondary N) is 2. The minimum absolute atomic E-state index is 0. The molecule has 1 aromatic carbocycles. The van der Waals surface area contributed by atoms with E-state index in [1.807, 2.05) is 19.1 Å². The maximum Gasteiger partial charge on any atom is 0.191 e. The topological polar surface area (TPSA) is 45.7 Å². The predicted octanol–water partition coefficient (Wildman–Crippen LogP) is 3.79. The summed E-state index contributed by atoms with van der Waals surface area (Å²) in [6, 6.07) is 5.33. The van der Waals surface area contributed by atoms with Gasteiger partial charge in [-0.2, -0.15) is 0 Å². The van der Waals surface area contributed by atoms with Crippen LogP contribution < -0.4 is 10.6 Å². The molecule has 0 aromatic heterocycles. The Labute approximate surface area is 161 Å². The van der Waals surface area contributed by atoms with Crippen LogP contribution in [0.25, 0.3) is 0 Å². The van der Waals surface area contributed by atoms with Crippen LogP contribution in [-0.2, 0) is 4.74 Å². The molecule has 24 heavy (non-hydrogen) atoms. The molecule has 136 valence electrons. The first-order valence-electron chi connectivity index (χ1n) is 8.22. The van der Waals surface area contributed by atoms with E-state index in [2.05, 4.69) is 15.6 Å². The molecule has 0 radical (unpaired) electrons. The van der Waals surface area contributed by atoms with Crippen LogP contribution in [0.2, 0.25) is 0 Å². The zero-order valence-corrected chi connectivity index (χ0v) is 17.3. The van der Waals surface area contributed by atoms with Gasteiger partial charge in [0.15, 0.2) is 5.96 Å². The summed E-state index contributed by atoms with van der Waals surface area (Å²) in [7, 11) is 3.50. The largest absolute Gasteiger partial charge is 0.385 e. The average Bonchev–Trinajstić information content (AvgIpc) is 3.32.